The predicted octanol–water partition coefficient (Wildman–Crippen LogP) is 1.98. The predicted molar refractivity (Wildman–Crippen MR) is 72.2 cm³/mol. The Hall–Kier alpha value is -1.80. The van der Waals surface area contributed by atoms with Gasteiger partial charge in [-0.2, -0.15) is 4.98 Å². The Labute approximate surface area is 108 Å². The van der Waals surface area contributed by atoms with Crippen LogP contribution in [-0.2, 0) is 0 Å². The molecule has 0 saturated carbocycles. The molecule has 0 aromatic carbocycles. The van der Waals surface area contributed by atoms with Gasteiger partial charge in [-0.25, -0.2) is 10.8 Å². The zero-order valence-corrected chi connectivity index (χ0v) is 11.5. The maximum atomic E-state index is 5.73. The van der Waals surface area contributed by atoms with E-state index in [4.69, 9.17) is 17.0 Å². The van der Waals surface area contributed by atoms with Gasteiger partial charge in [0.2, 0.25) is 5.88 Å². The highest BCUT2D eigenvalue weighted by Gasteiger charge is 2.21. The van der Waals surface area contributed by atoms with Crippen LogP contribution in [-0.4, -0.2) is 15.6 Å². The second-order valence-electron chi connectivity index (χ2n) is 4.92. The minimum atomic E-state index is -0.723. The van der Waals surface area contributed by atoms with Crippen LogP contribution in [0.5, 0.6) is 5.88 Å². The van der Waals surface area contributed by atoms with Gasteiger partial charge in [-0.3, -0.25) is 0 Å². The van der Waals surface area contributed by atoms with Crippen LogP contribution in [0.4, 0.5) is 5.82 Å². The Bertz CT molecular complexity index is 475. The van der Waals surface area contributed by atoms with Crippen molar-refractivity contribution in [2.45, 2.75) is 46.1 Å². The summed E-state index contributed by atoms with van der Waals surface area (Å²) in [5.41, 5.74) is 2.57. The van der Waals surface area contributed by atoms with Crippen LogP contribution in [0.2, 0.25) is 0 Å². The summed E-state index contributed by atoms with van der Waals surface area (Å²) in [5, 5.41) is 0. The number of nitrogen functional groups attached to an aromatic ring is 1. The maximum Gasteiger partial charge on any atom is 0.223 e. The van der Waals surface area contributed by atoms with E-state index in [9.17, 15) is 0 Å². The lowest BCUT2D eigenvalue weighted by molar-refractivity contribution is 0.162. The van der Waals surface area contributed by atoms with Gasteiger partial charge in [-0.15, -0.1) is 6.42 Å². The molecule has 0 saturated heterocycles. The molecule has 0 aliphatic rings. The number of nitrogens with one attached hydrogen (secondary N) is 1. The van der Waals surface area contributed by atoms with Crippen molar-refractivity contribution in [2.24, 2.45) is 5.84 Å². The molecule has 0 unspecified atom stereocenters. The lowest BCUT2D eigenvalue weighted by atomic mass is 10.1. The molecule has 1 aromatic heterocycles. The summed E-state index contributed by atoms with van der Waals surface area (Å²) in [7, 11) is 0. The van der Waals surface area contributed by atoms with E-state index in [2.05, 4.69) is 21.3 Å². The van der Waals surface area contributed by atoms with E-state index in [1.54, 1.807) is 13.8 Å². The SMILES string of the molecule is C#CC(C)(C)Oc1nc(C(C)C)nc(NN)c1C. The van der Waals surface area contributed by atoms with Crippen molar-refractivity contribution in [3.8, 4) is 18.2 Å². The third kappa shape index (κ3) is 3.11. The molecule has 1 rings (SSSR count). The number of hydrazine groups is 1. The van der Waals surface area contributed by atoms with E-state index in [1.807, 2.05) is 20.8 Å². The normalized spacial score (nSPS) is 11.2. The molecule has 0 aliphatic carbocycles. The van der Waals surface area contributed by atoms with E-state index in [0.717, 1.165) is 5.56 Å². The van der Waals surface area contributed by atoms with Crippen molar-refractivity contribution >= 4 is 5.82 Å². The first-order valence-corrected chi connectivity index (χ1v) is 5.82. The largest absolute Gasteiger partial charge is 0.458 e. The van der Waals surface area contributed by atoms with Gasteiger partial charge in [0.1, 0.15) is 11.6 Å². The van der Waals surface area contributed by atoms with Crippen LogP contribution >= 0.6 is 0 Å². The molecule has 1 aromatic rings. The molecule has 0 fully saturated rings. The molecule has 0 bridgehead atoms. The van der Waals surface area contributed by atoms with Gasteiger partial charge in [-0.05, 0) is 20.8 Å². The van der Waals surface area contributed by atoms with Crippen molar-refractivity contribution < 1.29 is 4.74 Å². The van der Waals surface area contributed by atoms with Crippen LogP contribution in [0, 0.1) is 19.3 Å². The number of nitrogens with zero attached hydrogens (tertiary/aromatic N) is 2. The maximum absolute atomic E-state index is 5.73. The van der Waals surface area contributed by atoms with E-state index < -0.39 is 5.60 Å². The van der Waals surface area contributed by atoms with E-state index in [0.29, 0.717) is 17.5 Å². The molecule has 18 heavy (non-hydrogen) atoms. The average molecular weight is 248 g/mol. The Morgan fingerprint density at radius 2 is 2.00 bits per heavy atom. The van der Waals surface area contributed by atoms with Crippen molar-refractivity contribution in [1.29, 1.82) is 0 Å². The van der Waals surface area contributed by atoms with Crippen LogP contribution in [0.1, 0.15) is 45.0 Å². The molecule has 0 amide bonds. The molecule has 98 valence electrons. The van der Waals surface area contributed by atoms with Crippen molar-refractivity contribution in [3.63, 3.8) is 0 Å². The number of hydrogen-bond acceptors (Lipinski definition) is 5. The van der Waals surface area contributed by atoms with Crippen LogP contribution in [0.3, 0.4) is 0 Å². The monoisotopic (exact) mass is 248 g/mol. The molecule has 5 nitrogen and oxygen atoms in total. The highest BCUT2D eigenvalue weighted by atomic mass is 16.5. The number of nitrogens with two attached hydrogens (primary N) is 1. The summed E-state index contributed by atoms with van der Waals surface area (Å²) >= 11 is 0. The highest BCUT2D eigenvalue weighted by molar-refractivity contribution is 5.48. The molecule has 0 radical (unpaired) electrons. The summed E-state index contributed by atoms with van der Waals surface area (Å²) in [5.74, 6) is 9.87. The Morgan fingerprint density at radius 3 is 2.44 bits per heavy atom. The number of aromatic nitrogens is 2. The van der Waals surface area contributed by atoms with Gasteiger partial charge in [0.25, 0.3) is 0 Å². The third-order valence-electron chi connectivity index (χ3n) is 2.47. The van der Waals surface area contributed by atoms with Crippen LogP contribution in [0.15, 0.2) is 0 Å². The molecule has 0 aliphatic heterocycles. The zero-order chi connectivity index (χ0) is 13.9. The van der Waals surface area contributed by atoms with E-state index >= 15 is 0 Å². The van der Waals surface area contributed by atoms with Crippen molar-refractivity contribution in [1.82, 2.24) is 9.97 Å². The summed E-state index contributed by atoms with van der Waals surface area (Å²) in [4.78, 5) is 8.72. The Kier molecular flexibility index (Phi) is 4.15. The topological polar surface area (TPSA) is 73.1 Å². The second-order valence-corrected chi connectivity index (χ2v) is 4.92. The molecule has 1 heterocycles. The fourth-order valence-electron chi connectivity index (χ4n) is 1.28. The standard InChI is InChI=1S/C13H20N4O/c1-7-13(5,6)18-12-9(4)11(17-14)15-10(16-12)8(2)3/h1,8H,14H2,2-6H3,(H,15,16,17). The van der Waals surface area contributed by atoms with Crippen molar-refractivity contribution in [2.75, 3.05) is 5.43 Å². The first-order chi connectivity index (χ1) is 8.30. The number of terminal acetylenes is 1. The van der Waals surface area contributed by atoms with Crippen LogP contribution in [0.25, 0.3) is 0 Å². The molecular weight excluding hydrogens is 228 g/mol. The molecule has 0 atom stereocenters. The molecular formula is C13H20N4O. The third-order valence-corrected chi connectivity index (χ3v) is 2.47. The zero-order valence-electron chi connectivity index (χ0n) is 11.5. The number of ether oxygens (including phenoxy) is 1. The minimum Gasteiger partial charge on any atom is -0.458 e. The first-order valence-electron chi connectivity index (χ1n) is 5.82. The summed E-state index contributed by atoms with van der Waals surface area (Å²) in [6.07, 6.45) is 5.41. The van der Waals surface area contributed by atoms with E-state index in [-0.39, 0.29) is 5.92 Å². The summed E-state index contributed by atoms with van der Waals surface area (Å²) < 4.78 is 5.73. The Balaban J connectivity index is 3.26. The molecule has 5 heteroatoms. The van der Waals surface area contributed by atoms with Gasteiger partial charge in [0.05, 0.1) is 5.56 Å². The first kappa shape index (κ1) is 14.3. The summed E-state index contributed by atoms with van der Waals surface area (Å²) in [6.45, 7) is 9.45. The van der Waals surface area contributed by atoms with E-state index in [1.165, 1.54) is 0 Å². The van der Waals surface area contributed by atoms with Gasteiger partial charge < -0.3 is 10.2 Å². The van der Waals surface area contributed by atoms with Gasteiger partial charge in [0.15, 0.2) is 5.60 Å². The smallest absolute Gasteiger partial charge is 0.223 e. The lowest BCUT2D eigenvalue weighted by Crippen LogP contribution is -2.27. The number of rotatable bonds is 4. The fourth-order valence-corrected chi connectivity index (χ4v) is 1.28. The fraction of sp³-hybridized carbons (Fsp3) is 0.538. The lowest BCUT2D eigenvalue weighted by Gasteiger charge is -2.22. The highest BCUT2D eigenvalue weighted by Crippen LogP contribution is 2.26. The number of anilines is 1. The van der Waals surface area contributed by atoms with Gasteiger partial charge in [0, 0.05) is 5.92 Å². The summed E-state index contributed by atoms with van der Waals surface area (Å²) in [6, 6.07) is 0. The molecule has 3 N–H and O–H groups in total. The van der Waals surface area contributed by atoms with Crippen LogP contribution < -0.4 is 16.0 Å². The minimum absolute atomic E-state index is 0.175. The molecule has 0 spiro atoms. The quantitative estimate of drug-likeness (QED) is 0.484. The van der Waals surface area contributed by atoms with Gasteiger partial charge >= 0.3 is 0 Å². The second kappa shape index (κ2) is 5.23. The number of hydrogen-bond donors (Lipinski definition) is 2. The Morgan fingerprint density at radius 1 is 1.39 bits per heavy atom. The van der Waals surface area contributed by atoms with Gasteiger partial charge in [-0.1, -0.05) is 19.8 Å². The van der Waals surface area contributed by atoms with Crippen molar-refractivity contribution in [3.05, 3.63) is 11.4 Å². The average Bonchev–Trinajstić information content (AvgIpc) is 2.31.